The molecule has 0 saturated carbocycles. The van der Waals surface area contributed by atoms with Gasteiger partial charge in [0.15, 0.2) is 0 Å². The first-order valence-electron chi connectivity index (χ1n) is 6.46. The number of hydrogen-bond acceptors (Lipinski definition) is 4. The largest absolute Gasteiger partial charge is 0.481 e. The molecule has 0 bridgehead atoms. The number of hydrogen-bond donors (Lipinski definition) is 1. The minimum Gasteiger partial charge on any atom is -0.481 e. The fraction of sp³-hybridized carbons (Fsp3) is 0.312. The van der Waals surface area contributed by atoms with Gasteiger partial charge in [-0.15, -0.1) is 0 Å². The van der Waals surface area contributed by atoms with Gasteiger partial charge in [0, 0.05) is 23.9 Å². The third-order valence-corrected chi connectivity index (χ3v) is 3.16. The fourth-order valence-electron chi connectivity index (χ4n) is 2.18. The zero-order valence-corrected chi connectivity index (χ0v) is 12.2. The summed E-state index contributed by atoms with van der Waals surface area (Å²) in [7, 11) is 1.60. The van der Waals surface area contributed by atoms with Crippen molar-refractivity contribution in [2.24, 2.45) is 0 Å². The lowest BCUT2D eigenvalue weighted by Gasteiger charge is -2.23. The van der Waals surface area contributed by atoms with Crippen molar-refractivity contribution < 1.29 is 9.84 Å². The van der Waals surface area contributed by atoms with Crippen LogP contribution >= 0.6 is 0 Å². The molecule has 0 aliphatic rings. The van der Waals surface area contributed by atoms with Gasteiger partial charge < -0.3 is 9.84 Å². The van der Waals surface area contributed by atoms with Crippen molar-refractivity contribution in [3.63, 3.8) is 0 Å². The van der Waals surface area contributed by atoms with E-state index in [1.165, 1.54) is 0 Å². The van der Waals surface area contributed by atoms with Gasteiger partial charge in [0.1, 0.15) is 5.60 Å². The molecule has 0 aromatic carbocycles. The number of aliphatic hydroxyl groups is 1. The Balaban J connectivity index is 2.52. The van der Waals surface area contributed by atoms with E-state index >= 15 is 0 Å². The molecule has 0 fully saturated rings. The Bertz CT molecular complexity index is 591. The topological polar surface area (TPSA) is 55.2 Å². The van der Waals surface area contributed by atoms with Crippen molar-refractivity contribution in [1.82, 2.24) is 9.97 Å². The van der Waals surface area contributed by atoms with Gasteiger partial charge in [0.05, 0.1) is 12.8 Å². The molecular formula is C16H19N2O2. The predicted molar refractivity (Wildman–Crippen MR) is 77.4 cm³/mol. The van der Waals surface area contributed by atoms with E-state index in [1.807, 2.05) is 31.2 Å². The van der Waals surface area contributed by atoms with E-state index in [4.69, 9.17) is 4.74 Å². The quantitative estimate of drug-likeness (QED) is 0.929. The van der Waals surface area contributed by atoms with Gasteiger partial charge in [-0.3, -0.25) is 4.98 Å². The highest BCUT2D eigenvalue weighted by atomic mass is 16.5. The van der Waals surface area contributed by atoms with Gasteiger partial charge in [0.2, 0.25) is 5.88 Å². The number of methoxy groups -OCH3 is 1. The zero-order valence-electron chi connectivity index (χ0n) is 12.2. The van der Waals surface area contributed by atoms with E-state index in [-0.39, 0.29) is 0 Å². The monoisotopic (exact) mass is 271 g/mol. The Hall–Kier alpha value is -1.94. The molecule has 2 rings (SSSR count). The van der Waals surface area contributed by atoms with Crippen molar-refractivity contribution in [2.75, 3.05) is 7.11 Å². The minimum absolute atomic E-state index is 0.565. The lowest BCUT2D eigenvalue weighted by molar-refractivity contribution is 0.0731. The van der Waals surface area contributed by atoms with Crippen LogP contribution < -0.4 is 4.74 Å². The van der Waals surface area contributed by atoms with E-state index in [9.17, 15) is 5.11 Å². The Labute approximate surface area is 119 Å². The smallest absolute Gasteiger partial charge is 0.217 e. The molecule has 0 aliphatic heterocycles. The standard InChI is InChI=1S/C16H19N2O2/c1-11(13-8-6-10-18-15(13)20-4)12-7-5-9-17-14(12)16(2,3)19/h5-10,19H,1-4H3. The fourth-order valence-corrected chi connectivity index (χ4v) is 2.18. The third kappa shape index (κ3) is 2.80. The van der Waals surface area contributed by atoms with Crippen molar-refractivity contribution in [3.8, 4) is 5.88 Å². The summed E-state index contributed by atoms with van der Waals surface area (Å²) in [6, 6.07) is 7.61. The van der Waals surface area contributed by atoms with Crippen LogP contribution in [0.25, 0.3) is 0 Å². The molecule has 0 spiro atoms. The molecule has 1 N–H and O–H groups in total. The summed E-state index contributed by atoms with van der Waals surface area (Å²) in [6.07, 6.45) is 3.38. The lowest BCUT2D eigenvalue weighted by atomic mass is 9.88. The number of pyridine rings is 2. The maximum Gasteiger partial charge on any atom is 0.217 e. The zero-order chi connectivity index (χ0) is 14.8. The van der Waals surface area contributed by atoms with Crippen LogP contribution in [-0.2, 0) is 5.60 Å². The van der Waals surface area contributed by atoms with E-state index in [2.05, 4.69) is 9.97 Å². The van der Waals surface area contributed by atoms with Gasteiger partial charge in [-0.2, -0.15) is 0 Å². The Kier molecular flexibility index (Phi) is 4.04. The number of nitrogens with zero attached hydrogens (tertiary/aromatic N) is 2. The molecule has 0 amide bonds. The van der Waals surface area contributed by atoms with Gasteiger partial charge in [-0.25, -0.2) is 4.98 Å². The molecule has 0 aliphatic carbocycles. The van der Waals surface area contributed by atoms with Gasteiger partial charge in [-0.05, 0) is 38.5 Å². The molecule has 2 aromatic heterocycles. The Morgan fingerprint density at radius 3 is 2.30 bits per heavy atom. The van der Waals surface area contributed by atoms with Crippen LogP contribution in [0, 0.1) is 5.92 Å². The summed E-state index contributed by atoms with van der Waals surface area (Å²) in [5.41, 5.74) is 1.43. The maximum atomic E-state index is 10.3. The maximum absolute atomic E-state index is 10.3. The normalized spacial score (nSPS) is 11.7. The first kappa shape index (κ1) is 14.5. The van der Waals surface area contributed by atoms with Crippen LogP contribution in [0.15, 0.2) is 36.7 Å². The molecule has 1 radical (unpaired) electrons. The molecule has 2 aromatic rings. The van der Waals surface area contributed by atoms with Crippen molar-refractivity contribution in [1.29, 1.82) is 0 Å². The molecule has 0 unspecified atom stereocenters. The SMILES string of the molecule is COc1ncccc1[C](C)c1cccnc1C(C)(C)O. The highest BCUT2D eigenvalue weighted by Gasteiger charge is 2.26. The van der Waals surface area contributed by atoms with E-state index in [0.29, 0.717) is 11.6 Å². The van der Waals surface area contributed by atoms with Gasteiger partial charge in [0.25, 0.3) is 0 Å². The first-order chi connectivity index (χ1) is 9.45. The minimum atomic E-state index is -1.01. The van der Waals surface area contributed by atoms with Crippen LogP contribution in [-0.4, -0.2) is 22.2 Å². The van der Waals surface area contributed by atoms with Gasteiger partial charge >= 0.3 is 0 Å². The summed E-state index contributed by atoms with van der Waals surface area (Å²) in [5.74, 6) is 1.54. The summed E-state index contributed by atoms with van der Waals surface area (Å²) in [5, 5.41) is 10.3. The van der Waals surface area contributed by atoms with Gasteiger partial charge in [-0.1, -0.05) is 12.1 Å². The number of ether oxygens (including phenoxy) is 1. The molecule has 0 saturated heterocycles. The second kappa shape index (κ2) is 5.59. The molecule has 4 heteroatoms. The number of rotatable bonds is 4. The third-order valence-electron chi connectivity index (χ3n) is 3.16. The average Bonchev–Trinajstić information content (AvgIpc) is 2.45. The molecule has 20 heavy (non-hydrogen) atoms. The summed E-state index contributed by atoms with van der Waals surface area (Å²) < 4.78 is 5.30. The highest BCUT2D eigenvalue weighted by molar-refractivity contribution is 5.51. The number of aromatic nitrogens is 2. The van der Waals surface area contributed by atoms with Crippen LogP contribution in [0.5, 0.6) is 5.88 Å². The Morgan fingerprint density at radius 2 is 1.70 bits per heavy atom. The van der Waals surface area contributed by atoms with E-state index in [0.717, 1.165) is 17.0 Å². The Morgan fingerprint density at radius 1 is 1.10 bits per heavy atom. The lowest BCUT2D eigenvalue weighted by Crippen LogP contribution is -2.21. The molecule has 2 heterocycles. The van der Waals surface area contributed by atoms with E-state index < -0.39 is 5.60 Å². The molecule has 0 atom stereocenters. The summed E-state index contributed by atoms with van der Waals surface area (Å²) in [6.45, 7) is 5.44. The van der Waals surface area contributed by atoms with Crippen LogP contribution in [0.2, 0.25) is 0 Å². The summed E-state index contributed by atoms with van der Waals surface area (Å²) >= 11 is 0. The highest BCUT2D eigenvalue weighted by Crippen LogP contribution is 2.33. The predicted octanol–water partition coefficient (Wildman–Crippen LogP) is 2.70. The van der Waals surface area contributed by atoms with Crippen molar-refractivity contribution in [3.05, 3.63) is 59.4 Å². The van der Waals surface area contributed by atoms with E-state index in [1.54, 1.807) is 33.4 Å². The second-order valence-electron chi connectivity index (χ2n) is 5.14. The average molecular weight is 271 g/mol. The van der Waals surface area contributed by atoms with Crippen LogP contribution in [0.4, 0.5) is 0 Å². The summed E-state index contributed by atoms with van der Waals surface area (Å²) in [4.78, 5) is 8.53. The van der Waals surface area contributed by atoms with Crippen molar-refractivity contribution in [2.45, 2.75) is 26.4 Å². The second-order valence-corrected chi connectivity index (χ2v) is 5.14. The van der Waals surface area contributed by atoms with Crippen LogP contribution in [0.3, 0.4) is 0 Å². The van der Waals surface area contributed by atoms with Crippen LogP contribution in [0.1, 0.15) is 37.6 Å². The first-order valence-corrected chi connectivity index (χ1v) is 6.46. The molecule has 4 nitrogen and oxygen atoms in total. The molecule has 105 valence electrons. The molecular weight excluding hydrogens is 252 g/mol. The van der Waals surface area contributed by atoms with Crippen molar-refractivity contribution >= 4 is 0 Å².